The summed E-state index contributed by atoms with van der Waals surface area (Å²) < 4.78 is 5.31. The molecule has 3 rings (SSSR count). The predicted octanol–water partition coefficient (Wildman–Crippen LogP) is 2.38. The largest absolute Gasteiger partial charge is 0.480 e. The normalized spacial score (nSPS) is 15.7. The molecule has 1 aromatic heterocycles. The lowest BCUT2D eigenvalue weighted by Gasteiger charge is -2.39. The third-order valence-electron chi connectivity index (χ3n) is 4.66. The van der Waals surface area contributed by atoms with E-state index >= 15 is 0 Å². The van der Waals surface area contributed by atoms with Gasteiger partial charge in [-0.1, -0.05) is 41.9 Å². The zero-order valence-electron chi connectivity index (χ0n) is 15.0. The number of nitrogen functional groups attached to an aromatic ring is 1. The van der Waals surface area contributed by atoms with E-state index < -0.39 is 17.6 Å². The first-order valence-electron chi connectivity index (χ1n) is 8.65. The van der Waals surface area contributed by atoms with Crippen molar-refractivity contribution in [2.24, 2.45) is 0 Å². The van der Waals surface area contributed by atoms with E-state index in [9.17, 15) is 14.7 Å². The van der Waals surface area contributed by atoms with Crippen molar-refractivity contribution in [3.63, 3.8) is 0 Å². The van der Waals surface area contributed by atoms with Crippen LogP contribution in [0.25, 0.3) is 0 Å². The van der Waals surface area contributed by atoms with E-state index in [0.717, 1.165) is 5.56 Å². The number of hydrogen-bond donors (Lipinski definition) is 3. The molecule has 10 heteroatoms. The SMILES string of the molecule is Nc1nnc(Cl)cc1NC1(C(=O)O)CCN(C(=O)OCc2ccccc2)CC1. The highest BCUT2D eigenvalue weighted by Gasteiger charge is 2.43. The third-order valence-corrected chi connectivity index (χ3v) is 4.84. The average molecular weight is 406 g/mol. The molecule has 0 spiro atoms. The van der Waals surface area contributed by atoms with E-state index in [4.69, 9.17) is 22.1 Å². The van der Waals surface area contributed by atoms with Crippen molar-refractivity contribution in [2.45, 2.75) is 25.0 Å². The number of benzene rings is 1. The minimum atomic E-state index is -1.29. The van der Waals surface area contributed by atoms with E-state index in [-0.39, 0.29) is 43.5 Å². The summed E-state index contributed by atoms with van der Waals surface area (Å²) in [7, 11) is 0. The molecule has 1 amide bonds. The van der Waals surface area contributed by atoms with Crippen molar-refractivity contribution in [1.29, 1.82) is 0 Å². The summed E-state index contributed by atoms with van der Waals surface area (Å²) in [5.41, 5.74) is 5.64. The number of amides is 1. The Hall–Kier alpha value is -3.07. The Bertz CT molecular complexity index is 856. The van der Waals surface area contributed by atoms with Crippen LogP contribution in [0.5, 0.6) is 0 Å². The molecule has 0 aliphatic carbocycles. The summed E-state index contributed by atoms with van der Waals surface area (Å²) in [6.45, 7) is 0.606. The molecule has 1 aliphatic heterocycles. The Balaban J connectivity index is 1.62. The molecule has 0 saturated carbocycles. The molecule has 28 heavy (non-hydrogen) atoms. The lowest BCUT2D eigenvalue weighted by Crippen LogP contribution is -2.55. The fraction of sp³-hybridized carbons (Fsp3) is 0.333. The second-order valence-corrected chi connectivity index (χ2v) is 6.89. The van der Waals surface area contributed by atoms with Gasteiger partial charge in [0.05, 0.1) is 5.69 Å². The molecule has 0 bridgehead atoms. The van der Waals surface area contributed by atoms with Crippen LogP contribution in [0, 0.1) is 0 Å². The van der Waals surface area contributed by atoms with Gasteiger partial charge in [-0.25, -0.2) is 9.59 Å². The van der Waals surface area contributed by atoms with Gasteiger partial charge in [0.1, 0.15) is 12.1 Å². The molecule has 1 aliphatic rings. The Morgan fingerprint density at radius 1 is 1.25 bits per heavy atom. The highest BCUT2D eigenvalue weighted by atomic mass is 35.5. The minimum absolute atomic E-state index is 0.0507. The van der Waals surface area contributed by atoms with Crippen LogP contribution >= 0.6 is 11.6 Å². The topological polar surface area (TPSA) is 131 Å². The minimum Gasteiger partial charge on any atom is -0.480 e. The number of carboxylic acid groups (broad SMARTS) is 1. The molecular formula is C18H20ClN5O4. The van der Waals surface area contributed by atoms with Crippen LogP contribution in [-0.4, -0.2) is 50.9 Å². The summed E-state index contributed by atoms with van der Waals surface area (Å²) in [6.07, 6.45) is -0.138. The Kier molecular flexibility index (Phi) is 5.84. The fourth-order valence-corrected chi connectivity index (χ4v) is 3.16. The molecule has 0 radical (unpaired) electrons. The molecule has 2 heterocycles. The van der Waals surface area contributed by atoms with Gasteiger partial charge in [-0.2, -0.15) is 0 Å². The van der Waals surface area contributed by atoms with Gasteiger partial charge < -0.3 is 25.8 Å². The Morgan fingerprint density at radius 3 is 2.57 bits per heavy atom. The number of anilines is 2. The van der Waals surface area contributed by atoms with Gasteiger partial charge in [0.15, 0.2) is 11.0 Å². The van der Waals surface area contributed by atoms with Gasteiger partial charge in [0.2, 0.25) is 0 Å². The maximum absolute atomic E-state index is 12.3. The molecule has 2 aromatic rings. The van der Waals surface area contributed by atoms with E-state index in [0.29, 0.717) is 5.69 Å². The highest BCUT2D eigenvalue weighted by molar-refractivity contribution is 6.29. The van der Waals surface area contributed by atoms with Gasteiger partial charge in [-0.3, -0.25) is 0 Å². The third kappa shape index (κ3) is 4.42. The van der Waals surface area contributed by atoms with Crippen molar-refractivity contribution in [2.75, 3.05) is 24.1 Å². The molecule has 148 valence electrons. The molecule has 1 saturated heterocycles. The molecule has 4 N–H and O–H groups in total. The number of nitrogens with one attached hydrogen (secondary N) is 1. The van der Waals surface area contributed by atoms with Gasteiger partial charge in [0.25, 0.3) is 0 Å². The number of rotatable bonds is 5. The second-order valence-electron chi connectivity index (χ2n) is 6.51. The van der Waals surface area contributed by atoms with E-state index in [1.807, 2.05) is 30.3 Å². The number of aromatic nitrogens is 2. The lowest BCUT2D eigenvalue weighted by atomic mass is 9.87. The first kappa shape index (κ1) is 19.7. The van der Waals surface area contributed by atoms with Gasteiger partial charge in [0, 0.05) is 19.2 Å². The summed E-state index contributed by atoms with van der Waals surface area (Å²) >= 11 is 5.82. The first-order chi connectivity index (χ1) is 13.4. The number of likely N-dealkylation sites (tertiary alicyclic amines) is 1. The first-order valence-corrected chi connectivity index (χ1v) is 9.03. The number of halogens is 1. The maximum Gasteiger partial charge on any atom is 0.410 e. The van der Waals surface area contributed by atoms with Crippen molar-refractivity contribution in [1.82, 2.24) is 15.1 Å². The van der Waals surface area contributed by atoms with Crippen LogP contribution in [-0.2, 0) is 16.1 Å². The zero-order chi connectivity index (χ0) is 20.1. The Labute approximate surface area is 166 Å². The molecule has 1 fully saturated rings. The number of aliphatic carboxylic acids is 1. The van der Waals surface area contributed by atoms with Crippen LogP contribution in [0.1, 0.15) is 18.4 Å². The lowest BCUT2D eigenvalue weighted by molar-refractivity contribution is -0.144. The predicted molar refractivity (Wildman–Crippen MR) is 103 cm³/mol. The van der Waals surface area contributed by atoms with E-state index in [2.05, 4.69) is 15.5 Å². The highest BCUT2D eigenvalue weighted by Crippen LogP contribution is 2.30. The van der Waals surface area contributed by atoms with Crippen molar-refractivity contribution in [3.05, 3.63) is 47.1 Å². The van der Waals surface area contributed by atoms with Gasteiger partial charge in [-0.05, 0) is 18.4 Å². The van der Waals surface area contributed by atoms with Crippen LogP contribution in [0.15, 0.2) is 36.4 Å². The summed E-state index contributed by atoms with van der Waals surface area (Å²) in [6, 6.07) is 10.8. The molecule has 0 atom stereocenters. The van der Waals surface area contributed by atoms with Crippen LogP contribution in [0.2, 0.25) is 5.15 Å². The number of nitrogens with two attached hydrogens (primary N) is 1. The van der Waals surface area contributed by atoms with Crippen LogP contribution < -0.4 is 11.1 Å². The van der Waals surface area contributed by atoms with E-state index in [1.54, 1.807) is 0 Å². The van der Waals surface area contributed by atoms with Crippen LogP contribution in [0.3, 0.4) is 0 Å². The average Bonchev–Trinajstić information content (AvgIpc) is 2.70. The standard InChI is InChI=1S/C18H20ClN5O4/c19-14-10-13(15(20)23-22-14)21-18(16(25)26)6-8-24(9-7-18)17(27)28-11-12-4-2-1-3-5-12/h1-5,10H,6-9,11H2,(H2,20,23)(H,21,22)(H,25,26). The van der Waals surface area contributed by atoms with Gasteiger partial charge in [-0.15, -0.1) is 10.2 Å². The van der Waals surface area contributed by atoms with Crippen molar-refractivity contribution in [3.8, 4) is 0 Å². The number of piperidine rings is 1. The fourth-order valence-electron chi connectivity index (χ4n) is 3.01. The second kappa shape index (κ2) is 8.30. The van der Waals surface area contributed by atoms with Gasteiger partial charge >= 0.3 is 12.1 Å². The smallest absolute Gasteiger partial charge is 0.410 e. The molecule has 0 unspecified atom stereocenters. The maximum atomic E-state index is 12.3. The molecular weight excluding hydrogens is 386 g/mol. The number of ether oxygens (including phenoxy) is 1. The summed E-state index contributed by atoms with van der Waals surface area (Å²) in [5.74, 6) is -0.994. The monoisotopic (exact) mass is 405 g/mol. The number of carboxylic acids is 1. The van der Waals surface area contributed by atoms with Crippen molar-refractivity contribution >= 4 is 35.2 Å². The molecule has 1 aromatic carbocycles. The number of carbonyl (C=O) groups excluding carboxylic acids is 1. The van der Waals surface area contributed by atoms with Crippen LogP contribution in [0.4, 0.5) is 16.3 Å². The quantitative estimate of drug-likeness (QED) is 0.691. The summed E-state index contributed by atoms with van der Waals surface area (Å²) in [4.78, 5) is 25.7. The van der Waals surface area contributed by atoms with Crippen molar-refractivity contribution < 1.29 is 19.4 Å². The number of hydrogen-bond acceptors (Lipinski definition) is 7. The zero-order valence-corrected chi connectivity index (χ0v) is 15.7. The van der Waals surface area contributed by atoms with E-state index in [1.165, 1.54) is 11.0 Å². The molecule has 9 nitrogen and oxygen atoms in total. The number of carbonyl (C=O) groups is 2. The summed E-state index contributed by atoms with van der Waals surface area (Å²) in [5, 5.41) is 20.1. The number of nitrogens with zero attached hydrogens (tertiary/aromatic N) is 3. The Morgan fingerprint density at radius 2 is 1.93 bits per heavy atom.